The molecule has 0 unspecified atom stereocenters. The number of aliphatic hydroxyl groups is 1. The third-order valence-electron chi connectivity index (χ3n) is 8.19. The Bertz CT molecular complexity index is 1020. The van der Waals surface area contributed by atoms with Gasteiger partial charge in [0.2, 0.25) is 5.91 Å². The first-order valence-corrected chi connectivity index (χ1v) is 13.6. The molecule has 2 bridgehead atoms. The molecule has 3 heterocycles. The molecule has 3 aliphatic heterocycles. The number of nitrogens with zero attached hydrogens (tertiary/aromatic N) is 2. The van der Waals surface area contributed by atoms with E-state index < -0.39 is 35.6 Å². The Morgan fingerprint density at radius 1 is 1.24 bits per heavy atom. The molecular formula is C29H40N2O6. The number of rotatable bonds is 12. The van der Waals surface area contributed by atoms with Crippen LogP contribution < -0.4 is 4.90 Å². The van der Waals surface area contributed by atoms with Gasteiger partial charge in [0.1, 0.15) is 11.6 Å². The zero-order valence-corrected chi connectivity index (χ0v) is 22.3. The largest absolute Gasteiger partial charge is 0.466 e. The molecule has 3 fully saturated rings. The average molecular weight is 513 g/mol. The molecular weight excluding hydrogens is 472 g/mol. The summed E-state index contributed by atoms with van der Waals surface area (Å²) in [5.74, 6) is -2.22. The Morgan fingerprint density at radius 3 is 2.59 bits per heavy atom. The molecule has 0 aliphatic carbocycles. The van der Waals surface area contributed by atoms with E-state index in [9.17, 15) is 14.4 Å². The minimum Gasteiger partial charge on any atom is -0.466 e. The molecule has 1 spiro atoms. The number of esters is 1. The van der Waals surface area contributed by atoms with Gasteiger partial charge in [0.25, 0.3) is 5.91 Å². The van der Waals surface area contributed by atoms with Crippen molar-refractivity contribution in [2.75, 3.05) is 31.2 Å². The second-order valence-corrected chi connectivity index (χ2v) is 10.5. The number of amides is 2. The summed E-state index contributed by atoms with van der Waals surface area (Å²) < 4.78 is 11.9. The Balaban J connectivity index is 1.73. The van der Waals surface area contributed by atoms with Crippen molar-refractivity contribution in [2.45, 2.75) is 77.0 Å². The first-order chi connectivity index (χ1) is 17.8. The number of benzene rings is 1. The molecule has 1 N–H and O–H groups in total. The number of aryl methyl sites for hydroxylation is 2. The number of hydrogen-bond acceptors (Lipinski definition) is 6. The molecule has 3 saturated heterocycles. The second kappa shape index (κ2) is 11.4. The summed E-state index contributed by atoms with van der Waals surface area (Å²) >= 11 is 0. The van der Waals surface area contributed by atoms with Crippen LogP contribution >= 0.6 is 0 Å². The summed E-state index contributed by atoms with van der Waals surface area (Å²) in [7, 11) is 0. The van der Waals surface area contributed by atoms with Gasteiger partial charge in [0.15, 0.2) is 0 Å². The predicted molar refractivity (Wildman–Crippen MR) is 140 cm³/mol. The number of carbonyl (C=O) groups excluding carboxylic acids is 3. The summed E-state index contributed by atoms with van der Waals surface area (Å²) in [5, 5.41) is 9.12. The van der Waals surface area contributed by atoms with Gasteiger partial charge in [-0.25, -0.2) is 0 Å². The van der Waals surface area contributed by atoms with Crippen LogP contribution in [0.15, 0.2) is 30.9 Å². The van der Waals surface area contributed by atoms with E-state index in [1.165, 1.54) is 0 Å². The molecule has 3 aliphatic rings. The van der Waals surface area contributed by atoms with Gasteiger partial charge in [-0.2, -0.15) is 0 Å². The van der Waals surface area contributed by atoms with Crippen LogP contribution in [0.2, 0.25) is 0 Å². The lowest BCUT2D eigenvalue weighted by atomic mass is 9.70. The highest BCUT2D eigenvalue weighted by Crippen LogP contribution is 2.59. The van der Waals surface area contributed by atoms with Crippen molar-refractivity contribution in [3.05, 3.63) is 42.0 Å². The van der Waals surface area contributed by atoms with E-state index in [4.69, 9.17) is 14.6 Å². The summed E-state index contributed by atoms with van der Waals surface area (Å²) in [4.78, 5) is 44.9. The van der Waals surface area contributed by atoms with Crippen molar-refractivity contribution >= 4 is 23.5 Å². The Labute approximate surface area is 219 Å². The van der Waals surface area contributed by atoms with E-state index in [0.29, 0.717) is 38.8 Å². The first kappa shape index (κ1) is 27.3. The molecule has 202 valence electrons. The van der Waals surface area contributed by atoms with Crippen LogP contribution in [-0.2, 0) is 23.9 Å². The van der Waals surface area contributed by atoms with Gasteiger partial charge in [0.05, 0.1) is 24.5 Å². The third-order valence-corrected chi connectivity index (χ3v) is 8.19. The van der Waals surface area contributed by atoms with Gasteiger partial charge in [0, 0.05) is 25.4 Å². The number of ether oxygens (including phenoxy) is 2. The number of aliphatic hydroxyl groups excluding tert-OH is 1. The molecule has 1 aromatic carbocycles. The molecule has 8 heteroatoms. The number of hydrogen-bond donors (Lipinski definition) is 1. The van der Waals surface area contributed by atoms with Gasteiger partial charge in [-0.05, 0) is 57.6 Å². The molecule has 2 amide bonds. The third kappa shape index (κ3) is 4.70. The number of anilines is 1. The van der Waals surface area contributed by atoms with Crippen molar-refractivity contribution in [1.82, 2.24) is 4.90 Å². The molecule has 0 saturated carbocycles. The van der Waals surface area contributed by atoms with Gasteiger partial charge in [-0.3, -0.25) is 14.4 Å². The topological polar surface area (TPSA) is 96.4 Å². The average Bonchev–Trinajstić information content (AvgIpc) is 3.50. The summed E-state index contributed by atoms with van der Waals surface area (Å²) in [5.41, 5.74) is 1.70. The minimum atomic E-state index is -1.04. The van der Waals surface area contributed by atoms with Crippen molar-refractivity contribution in [1.29, 1.82) is 0 Å². The molecule has 0 radical (unpaired) electrons. The van der Waals surface area contributed by atoms with Crippen LogP contribution in [0.4, 0.5) is 5.69 Å². The van der Waals surface area contributed by atoms with Gasteiger partial charge in [-0.1, -0.05) is 37.1 Å². The maximum Gasteiger partial charge on any atom is 0.312 e. The SMILES string of the molecule is C=CCN(C(=O)[C@H]1N(CCCCCCO)C(=O)[C@@H]2[C@@H](C(=O)OCC)[C@H]3CC[C@]21O3)c1c(C)cccc1C. The lowest BCUT2D eigenvalue weighted by molar-refractivity contribution is -0.154. The number of likely N-dealkylation sites (tertiary alicyclic amines) is 1. The lowest BCUT2D eigenvalue weighted by Gasteiger charge is -2.37. The number of unbranched alkanes of at least 4 members (excludes halogenated alkanes) is 3. The quantitative estimate of drug-likeness (QED) is 0.262. The smallest absolute Gasteiger partial charge is 0.312 e. The van der Waals surface area contributed by atoms with Gasteiger partial charge >= 0.3 is 5.97 Å². The first-order valence-electron chi connectivity index (χ1n) is 13.6. The zero-order valence-electron chi connectivity index (χ0n) is 22.3. The predicted octanol–water partition coefficient (Wildman–Crippen LogP) is 3.31. The normalized spacial score (nSPS) is 27.9. The lowest BCUT2D eigenvalue weighted by Crippen LogP contribution is -2.56. The molecule has 37 heavy (non-hydrogen) atoms. The highest BCUT2D eigenvalue weighted by Gasteiger charge is 2.75. The van der Waals surface area contributed by atoms with Crippen molar-refractivity contribution in [3.63, 3.8) is 0 Å². The van der Waals surface area contributed by atoms with Crippen LogP contribution in [-0.4, -0.2) is 71.8 Å². The van der Waals surface area contributed by atoms with Crippen molar-refractivity contribution < 1.29 is 29.0 Å². The van der Waals surface area contributed by atoms with E-state index in [1.807, 2.05) is 32.0 Å². The standard InChI is InChI=1S/C29H40N2O6/c1-5-16-30(24-19(3)12-11-13-20(24)4)27(34)25-29-15-14-21(37-29)22(28(35)36-6-2)23(29)26(33)31(25)17-9-7-8-10-18-32/h5,11-13,21-23,25,32H,1,6-10,14-18H2,2-4H3/t21-,22+,23+,25-,29+/m1/s1. The Kier molecular flexibility index (Phi) is 8.39. The highest BCUT2D eigenvalue weighted by molar-refractivity contribution is 6.05. The summed E-state index contributed by atoms with van der Waals surface area (Å²) in [6.07, 6.45) is 5.55. The van der Waals surface area contributed by atoms with E-state index in [-0.39, 0.29) is 25.0 Å². The highest BCUT2D eigenvalue weighted by atomic mass is 16.6. The Hall–Kier alpha value is -2.71. The summed E-state index contributed by atoms with van der Waals surface area (Å²) in [6, 6.07) is 5.08. The molecule has 8 nitrogen and oxygen atoms in total. The van der Waals surface area contributed by atoms with E-state index >= 15 is 0 Å². The van der Waals surface area contributed by atoms with Crippen LogP contribution in [0, 0.1) is 25.7 Å². The van der Waals surface area contributed by atoms with Crippen LogP contribution in [0.25, 0.3) is 0 Å². The summed E-state index contributed by atoms with van der Waals surface area (Å²) in [6.45, 7) is 10.6. The van der Waals surface area contributed by atoms with Gasteiger partial charge in [-0.15, -0.1) is 6.58 Å². The number of para-hydroxylation sites is 1. The zero-order chi connectivity index (χ0) is 26.7. The molecule has 4 rings (SSSR count). The fourth-order valence-electron chi connectivity index (χ4n) is 6.73. The maximum atomic E-state index is 14.5. The minimum absolute atomic E-state index is 0.137. The second-order valence-electron chi connectivity index (χ2n) is 10.5. The maximum absolute atomic E-state index is 14.5. The van der Waals surface area contributed by atoms with E-state index in [0.717, 1.165) is 29.7 Å². The molecule has 0 aromatic heterocycles. The van der Waals surface area contributed by atoms with Crippen LogP contribution in [0.3, 0.4) is 0 Å². The fourth-order valence-corrected chi connectivity index (χ4v) is 6.73. The van der Waals surface area contributed by atoms with Gasteiger partial charge < -0.3 is 24.4 Å². The fraction of sp³-hybridized carbons (Fsp3) is 0.621. The molecule has 5 atom stereocenters. The Morgan fingerprint density at radius 2 is 1.95 bits per heavy atom. The monoisotopic (exact) mass is 512 g/mol. The van der Waals surface area contributed by atoms with Crippen LogP contribution in [0.5, 0.6) is 0 Å². The van der Waals surface area contributed by atoms with Crippen molar-refractivity contribution in [3.8, 4) is 0 Å². The van der Waals surface area contributed by atoms with Crippen LogP contribution in [0.1, 0.15) is 56.6 Å². The number of carbonyl (C=O) groups is 3. The van der Waals surface area contributed by atoms with Crippen molar-refractivity contribution in [2.24, 2.45) is 11.8 Å². The van der Waals surface area contributed by atoms with E-state index in [1.54, 1.807) is 22.8 Å². The molecule has 1 aromatic rings. The van der Waals surface area contributed by atoms with E-state index in [2.05, 4.69) is 6.58 Å². The number of fused-ring (bicyclic) bond motifs is 1.